The molecule has 1 aliphatic heterocycles. The van der Waals surface area contributed by atoms with E-state index in [1.807, 2.05) is 54.6 Å². The molecule has 1 aliphatic rings. The lowest BCUT2D eigenvalue weighted by Gasteiger charge is -2.32. The van der Waals surface area contributed by atoms with Crippen LogP contribution in [0.3, 0.4) is 0 Å². The SMILES string of the molecule is COc1ccc(C(NC(=O)C2CCN(C(=O)c3ccc(F)cc3F)CC2)c2ccccc2)cc1. The first kappa shape index (κ1) is 23.4. The summed E-state index contributed by atoms with van der Waals surface area (Å²) in [5.41, 5.74) is 1.73. The summed E-state index contributed by atoms with van der Waals surface area (Å²) < 4.78 is 32.4. The van der Waals surface area contributed by atoms with Gasteiger partial charge in [0.15, 0.2) is 0 Å². The van der Waals surface area contributed by atoms with E-state index in [1.165, 1.54) is 4.90 Å². The molecule has 0 aromatic heterocycles. The Morgan fingerprint density at radius 1 is 0.941 bits per heavy atom. The molecule has 0 saturated carbocycles. The molecule has 1 N–H and O–H groups in total. The molecule has 3 aromatic rings. The maximum atomic E-state index is 14.0. The van der Waals surface area contributed by atoms with Gasteiger partial charge < -0.3 is 15.0 Å². The highest BCUT2D eigenvalue weighted by Gasteiger charge is 2.30. The van der Waals surface area contributed by atoms with Crippen LogP contribution in [0.2, 0.25) is 0 Å². The first-order valence-electron chi connectivity index (χ1n) is 11.2. The normalized spacial score (nSPS) is 15.0. The number of hydrogen-bond donors (Lipinski definition) is 1. The highest BCUT2D eigenvalue weighted by molar-refractivity contribution is 5.94. The van der Waals surface area contributed by atoms with E-state index >= 15 is 0 Å². The van der Waals surface area contributed by atoms with E-state index in [0.29, 0.717) is 32.0 Å². The van der Waals surface area contributed by atoms with Crippen LogP contribution in [0.25, 0.3) is 0 Å². The minimum atomic E-state index is -0.880. The van der Waals surface area contributed by atoms with Crippen molar-refractivity contribution in [3.63, 3.8) is 0 Å². The van der Waals surface area contributed by atoms with Crippen LogP contribution in [0.4, 0.5) is 8.78 Å². The summed E-state index contributed by atoms with van der Waals surface area (Å²) in [6.45, 7) is 0.651. The number of carbonyl (C=O) groups is 2. The summed E-state index contributed by atoms with van der Waals surface area (Å²) in [6.07, 6.45) is 0.926. The number of likely N-dealkylation sites (tertiary alicyclic amines) is 1. The van der Waals surface area contributed by atoms with Crippen LogP contribution in [0.1, 0.15) is 40.4 Å². The van der Waals surface area contributed by atoms with E-state index in [4.69, 9.17) is 4.74 Å². The van der Waals surface area contributed by atoms with Gasteiger partial charge in [0.25, 0.3) is 5.91 Å². The first-order chi connectivity index (χ1) is 16.5. The standard InChI is InChI=1S/C27H26F2N2O3/c1-34-22-10-7-19(8-11-22)25(18-5-3-2-4-6-18)30-26(32)20-13-15-31(16-14-20)27(33)23-12-9-21(28)17-24(23)29/h2-12,17,20,25H,13-16H2,1H3,(H,30,32). The Hall–Kier alpha value is -3.74. The third kappa shape index (κ3) is 5.25. The maximum absolute atomic E-state index is 14.0. The number of nitrogens with one attached hydrogen (secondary N) is 1. The molecular formula is C27H26F2N2O3. The molecule has 4 rings (SSSR count). The number of benzene rings is 3. The van der Waals surface area contributed by atoms with Crippen molar-refractivity contribution >= 4 is 11.8 Å². The molecule has 1 saturated heterocycles. The monoisotopic (exact) mass is 464 g/mol. The number of rotatable bonds is 6. The van der Waals surface area contributed by atoms with E-state index in [-0.39, 0.29) is 23.4 Å². The van der Waals surface area contributed by atoms with Crippen LogP contribution in [0, 0.1) is 17.6 Å². The van der Waals surface area contributed by atoms with E-state index in [2.05, 4.69) is 5.32 Å². The molecule has 2 amide bonds. The summed E-state index contributed by atoms with van der Waals surface area (Å²) >= 11 is 0. The van der Waals surface area contributed by atoms with E-state index in [9.17, 15) is 18.4 Å². The van der Waals surface area contributed by atoms with Gasteiger partial charge in [-0.3, -0.25) is 9.59 Å². The predicted octanol–water partition coefficient (Wildman–Crippen LogP) is 4.73. The number of methoxy groups -OCH3 is 1. The van der Waals surface area contributed by atoms with Crippen molar-refractivity contribution in [3.05, 3.63) is 101 Å². The largest absolute Gasteiger partial charge is 0.497 e. The Kier molecular flexibility index (Phi) is 7.21. The molecule has 1 heterocycles. The fourth-order valence-corrected chi connectivity index (χ4v) is 4.24. The van der Waals surface area contributed by atoms with Crippen molar-refractivity contribution in [2.45, 2.75) is 18.9 Å². The zero-order valence-corrected chi connectivity index (χ0v) is 18.8. The second-order valence-corrected chi connectivity index (χ2v) is 8.32. The lowest BCUT2D eigenvalue weighted by molar-refractivity contribution is -0.126. The number of hydrogen-bond acceptors (Lipinski definition) is 3. The number of amides is 2. The maximum Gasteiger partial charge on any atom is 0.256 e. The van der Waals surface area contributed by atoms with Gasteiger partial charge in [-0.05, 0) is 48.2 Å². The van der Waals surface area contributed by atoms with Crippen molar-refractivity contribution < 1.29 is 23.1 Å². The molecule has 3 aromatic carbocycles. The van der Waals surface area contributed by atoms with Gasteiger partial charge in [-0.2, -0.15) is 0 Å². The van der Waals surface area contributed by atoms with Crippen LogP contribution in [-0.4, -0.2) is 36.9 Å². The highest BCUT2D eigenvalue weighted by atomic mass is 19.1. The lowest BCUT2D eigenvalue weighted by Crippen LogP contribution is -2.44. The van der Waals surface area contributed by atoms with E-state index in [0.717, 1.165) is 29.0 Å². The Bertz CT molecular complexity index is 1140. The summed E-state index contributed by atoms with van der Waals surface area (Å²) in [5.74, 6) is -1.73. The van der Waals surface area contributed by atoms with Crippen LogP contribution in [-0.2, 0) is 4.79 Å². The van der Waals surface area contributed by atoms with E-state index < -0.39 is 17.5 Å². The summed E-state index contributed by atoms with van der Waals surface area (Å²) in [7, 11) is 1.60. The van der Waals surface area contributed by atoms with Crippen LogP contribution in [0.5, 0.6) is 5.75 Å². The molecule has 0 aliphatic carbocycles. The summed E-state index contributed by atoms with van der Waals surface area (Å²) in [5, 5.41) is 3.16. The molecule has 1 fully saturated rings. The summed E-state index contributed by atoms with van der Waals surface area (Å²) in [6, 6.07) is 19.9. The molecule has 1 atom stereocenters. The van der Waals surface area contributed by atoms with Crippen LogP contribution >= 0.6 is 0 Å². The molecule has 0 radical (unpaired) electrons. The molecule has 7 heteroatoms. The topological polar surface area (TPSA) is 58.6 Å². The third-order valence-electron chi connectivity index (χ3n) is 6.18. The Labute approximate surface area is 197 Å². The quantitative estimate of drug-likeness (QED) is 0.574. The Balaban J connectivity index is 1.43. The zero-order valence-electron chi connectivity index (χ0n) is 18.8. The minimum Gasteiger partial charge on any atom is -0.497 e. The molecule has 0 bridgehead atoms. The Morgan fingerprint density at radius 3 is 2.21 bits per heavy atom. The van der Waals surface area contributed by atoms with Gasteiger partial charge in [-0.15, -0.1) is 0 Å². The lowest BCUT2D eigenvalue weighted by atomic mass is 9.93. The summed E-state index contributed by atoms with van der Waals surface area (Å²) in [4.78, 5) is 27.3. The molecule has 34 heavy (non-hydrogen) atoms. The van der Waals surface area contributed by atoms with Crippen molar-refractivity contribution in [2.24, 2.45) is 5.92 Å². The molecular weight excluding hydrogens is 438 g/mol. The van der Waals surface area contributed by atoms with Gasteiger partial charge in [0.1, 0.15) is 17.4 Å². The number of halogens is 2. The second-order valence-electron chi connectivity index (χ2n) is 8.32. The third-order valence-corrected chi connectivity index (χ3v) is 6.18. The average molecular weight is 465 g/mol. The van der Waals surface area contributed by atoms with Gasteiger partial charge in [-0.25, -0.2) is 8.78 Å². The molecule has 0 spiro atoms. The highest BCUT2D eigenvalue weighted by Crippen LogP contribution is 2.27. The van der Waals surface area contributed by atoms with Gasteiger partial charge in [0.05, 0.1) is 18.7 Å². The number of carbonyl (C=O) groups excluding carboxylic acids is 2. The fraction of sp³-hybridized carbons (Fsp3) is 0.259. The van der Waals surface area contributed by atoms with Crippen molar-refractivity contribution in [2.75, 3.05) is 20.2 Å². The van der Waals surface area contributed by atoms with Crippen molar-refractivity contribution in [3.8, 4) is 5.75 Å². The molecule has 176 valence electrons. The minimum absolute atomic E-state index is 0.0928. The zero-order chi connectivity index (χ0) is 24.1. The number of ether oxygens (including phenoxy) is 1. The van der Waals surface area contributed by atoms with Gasteiger partial charge >= 0.3 is 0 Å². The molecule has 1 unspecified atom stereocenters. The van der Waals surface area contributed by atoms with Crippen molar-refractivity contribution in [1.82, 2.24) is 10.2 Å². The van der Waals surface area contributed by atoms with Crippen LogP contribution < -0.4 is 10.1 Å². The molecule has 5 nitrogen and oxygen atoms in total. The van der Waals surface area contributed by atoms with E-state index in [1.54, 1.807) is 7.11 Å². The van der Waals surface area contributed by atoms with Gasteiger partial charge in [0, 0.05) is 25.1 Å². The van der Waals surface area contributed by atoms with Gasteiger partial charge in [0.2, 0.25) is 5.91 Å². The van der Waals surface area contributed by atoms with Gasteiger partial charge in [-0.1, -0.05) is 42.5 Å². The smallest absolute Gasteiger partial charge is 0.256 e. The number of nitrogens with zero attached hydrogens (tertiary/aromatic N) is 1. The predicted molar refractivity (Wildman–Crippen MR) is 124 cm³/mol. The second kappa shape index (κ2) is 10.5. The number of piperidine rings is 1. The fourth-order valence-electron chi connectivity index (χ4n) is 4.24. The Morgan fingerprint density at radius 2 is 1.59 bits per heavy atom. The van der Waals surface area contributed by atoms with Crippen molar-refractivity contribution in [1.29, 1.82) is 0 Å². The average Bonchev–Trinajstić information content (AvgIpc) is 2.87. The first-order valence-corrected chi connectivity index (χ1v) is 11.2. The van der Waals surface area contributed by atoms with Crippen LogP contribution in [0.15, 0.2) is 72.8 Å².